The Kier molecular flexibility index (Phi) is 7.64. The zero-order valence-corrected chi connectivity index (χ0v) is 17.4. The van der Waals surface area contributed by atoms with Gasteiger partial charge < -0.3 is 15.4 Å². The minimum atomic E-state index is -3.54. The molecular formula is C18H28ClN3O4S. The van der Waals surface area contributed by atoms with Gasteiger partial charge in [0, 0.05) is 25.3 Å². The standard InChI is InChI=1S/C18H27N3O4S.ClH/c1-13-6-7-15(20-18(22)17-14(2)25-11-8-19-17)12-16(13)26(23,24)21-9-4-3-5-10-21;/h6-7,12,14,17,19H,3-5,8-11H2,1-2H3,(H,20,22);1H/t14-,17+;/m1./s1. The van der Waals surface area contributed by atoms with E-state index in [2.05, 4.69) is 10.6 Å². The van der Waals surface area contributed by atoms with Crippen molar-refractivity contribution in [2.45, 2.75) is 50.2 Å². The van der Waals surface area contributed by atoms with Gasteiger partial charge in [0.1, 0.15) is 6.04 Å². The van der Waals surface area contributed by atoms with Gasteiger partial charge in [0.2, 0.25) is 15.9 Å². The fraction of sp³-hybridized carbons (Fsp3) is 0.611. The summed E-state index contributed by atoms with van der Waals surface area (Å²) in [7, 11) is -3.54. The number of halogens is 1. The van der Waals surface area contributed by atoms with Crippen molar-refractivity contribution >= 4 is 34.0 Å². The molecule has 1 aromatic carbocycles. The van der Waals surface area contributed by atoms with Gasteiger partial charge in [-0.3, -0.25) is 4.79 Å². The van der Waals surface area contributed by atoms with Crippen LogP contribution in [0.4, 0.5) is 5.69 Å². The van der Waals surface area contributed by atoms with Crippen molar-refractivity contribution in [2.24, 2.45) is 0 Å². The summed E-state index contributed by atoms with van der Waals surface area (Å²) in [5.74, 6) is -0.220. The second-order valence-electron chi connectivity index (χ2n) is 6.94. The van der Waals surface area contributed by atoms with Crippen molar-refractivity contribution in [2.75, 3.05) is 31.6 Å². The van der Waals surface area contributed by atoms with Crippen molar-refractivity contribution in [1.82, 2.24) is 9.62 Å². The van der Waals surface area contributed by atoms with Crippen molar-refractivity contribution in [3.63, 3.8) is 0 Å². The monoisotopic (exact) mass is 417 g/mol. The average Bonchev–Trinajstić information content (AvgIpc) is 2.64. The number of anilines is 1. The first-order chi connectivity index (χ1) is 12.4. The first kappa shape index (κ1) is 22.1. The molecular weight excluding hydrogens is 390 g/mol. The lowest BCUT2D eigenvalue weighted by atomic mass is 10.1. The summed E-state index contributed by atoms with van der Waals surface area (Å²) in [5.41, 5.74) is 1.16. The van der Waals surface area contributed by atoms with Gasteiger partial charge in [-0.05, 0) is 44.4 Å². The summed E-state index contributed by atoms with van der Waals surface area (Å²) in [6.45, 7) is 5.93. The molecule has 2 N–H and O–H groups in total. The molecule has 3 rings (SSSR count). The highest BCUT2D eigenvalue weighted by atomic mass is 35.5. The Morgan fingerprint density at radius 1 is 1.26 bits per heavy atom. The van der Waals surface area contributed by atoms with Crippen LogP contribution in [0, 0.1) is 6.92 Å². The third-order valence-electron chi connectivity index (χ3n) is 4.99. The first-order valence-electron chi connectivity index (χ1n) is 9.16. The number of hydrogen-bond donors (Lipinski definition) is 2. The number of hydrogen-bond acceptors (Lipinski definition) is 5. The van der Waals surface area contributed by atoms with E-state index in [1.165, 1.54) is 0 Å². The third kappa shape index (κ3) is 5.00. The molecule has 1 aromatic rings. The van der Waals surface area contributed by atoms with Gasteiger partial charge in [-0.25, -0.2) is 8.42 Å². The maximum Gasteiger partial charge on any atom is 0.244 e. The van der Waals surface area contributed by atoms with Crippen molar-refractivity contribution < 1.29 is 17.9 Å². The molecule has 7 nitrogen and oxygen atoms in total. The molecule has 2 fully saturated rings. The minimum absolute atomic E-state index is 0. The summed E-state index contributed by atoms with van der Waals surface area (Å²) in [6, 6.07) is 4.58. The highest BCUT2D eigenvalue weighted by Crippen LogP contribution is 2.26. The summed E-state index contributed by atoms with van der Waals surface area (Å²) in [4.78, 5) is 12.8. The van der Waals surface area contributed by atoms with Crippen molar-refractivity contribution in [3.05, 3.63) is 23.8 Å². The number of piperidine rings is 1. The largest absolute Gasteiger partial charge is 0.375 e. The zero-order chi connectivity index (χ0) is 18.7. The van der Waals surface area contributed by atoms with Crippen LogP contribution in [0.2, 0.25) is 0 Å². The Morgan fingerprint density at radius 3 is 2.63 bits per heavy atom. The lowest BCUT2D eigenvalue weighted by molar-refractivity contribution is -0.123. The van der Waals surface area contributed by atoms with Gasteiger partial charge in [0.15, 0.2) is 0 Å². The number of carbonyl (C=O) groups is 1. The average molecular weight is 418 g/mol. The molecule has 2 saturated heterocycles. The summed E-state index contributed by atoms with van der Waals surface area (Å²) in [5, 5.41) is 5.95. The van der Waals surface area contributed by atoms with Crippen LogP contribution in [-0.4, -0.2) is 57.0 Å². The smallest absolute Gasteiger partial charge is 0.244 e. The van der Waals surface area contributed by atoms with E-state index in [0.717, 1.165) is 19.3 Å². The van der Waals surface area contributed by atoms with E-state index in [1.807, 2.05) is 6.92 Å². The Balaban J connectivity index is 0.00000261. The van der Waals surface area contributed by atoms with Crippen LogP contribution in [0.15, 0.2) is 23.1 Å². The van der Waals surface area contributed by atoms with E-state index in [0.29, 0.717) is 37.5 Å². The molecule has 1 amide bonds. The molecule has 2 aliphatic rings. The molecule has 2 aliphatic heterocycles. The number of morpholine rings is 1. The molecule has 2 heterocycles. The predicted molar refractivity (Wildman–Crippen MR) is 107 cm³/mol. The molecule has 152 valence electrons. The molecule has 0 aromatic heterocycles. The zero-order valence-electron chi connectivity index (χ0n) is 15.7. The molecule has 0 bridgehead atoms. The molecule has 0 aliphatic carbocycles. The number of nitrogens with zero attached hydrogens (tertiary/aromatic N) is 1. The normalized spacial score (nSPS) is 24.1. The van der Waals surface area contributed by atoms with Crippen LogP contribution in [0.1, 0.15) is 31.7 Å². The van der Waals surface area contributed by atoms with Crippen LogP contribution >= 0.6 is 12.4 Å². The second kappa shape index (κ2) is 9.34. The molecule has 2 atom stereocenters. The number of sulfonamides is 1. The molecule has 0 radical (unpaired) electrons. The number of benzene rings is 1. The number of nitrogens with one attached hydrogen (secondary N) is 2. The fourth-order valence-electron chi connectivity index (χ4n) is 3.45. The maximum absolute atomic E-state index is 13.0. The lowest BCUT2D eigenvalue weighted by Gasteiger charge is -2.29. The van der Waals surface area contributed by atoms with Gasteiger partial charge in [-0.15, -0.1) is 12.4 Å². The molecule has 0 unspecified atom stereocenters. The highest BCUT2D eigenvalue weighted by Gasteiger charge is 2.30. The molecule has 0 spiro atoms. The molecule has 9 heteroatoms. The van der Waals surface area contributed by atoms with E-state index >= 15 is 0 Å². The van der Waals surface area contributed by atoms with E-state index in [9.17, 15) is 13.2 Å². The second-order valence-corrected chi connectivity index (χ2v) is 8.85. The Bertz CT molecular complexity index is 766. The van der Waals surface area contributed by atoms with Gasteiger partial charge in [-0.1, -0.05) is 12.5 Å². The Morgan fingerprint density at radius 2 is 1.96 bits per heavy atom. The van der Waals surface area contributed by atoms with Crippen LogP contribution in [0.3, 0.4) is 0 Å². The minimum Gasteiger partial charge on any atom is -0.375 e. The highest BCUT2D eigenvalue weighted by molar-refractivity contribution is 7.89. The number of aryl methyl sites for hydroxylation is 1. The maximum atomic E-state index is 13.0. The van der Waals surface area contributed by atoms with Gasteiger partial charge in [-0.2, -0.15) is 4.31 Å². The van der Waals surface area contributed by atoms with E-state index in [4.69, 9.17) is 4.74 Å². The van der Waals surface area contributed by atoms with E-state index < -0.39 is 16.1 Å². The summed E-state index contributed by atoms with van der Waals surface area (Å²) >= 11 is 0. The Labute approximate surface area is 167 Å². The fourth-order valence-corrected chi connectivity index (χ4v) is 5.22. The number of amides is 1. The van der Waals surface area contributed by atoms with Crippen molar-refractivity contribution in [3.8, 4) is 0 Å². The summed E-state index contributed by atoms with van der Waals surface area (Å²) < 4.78 is 33.0. The molecule has 0 saturated carbocycles. The topological polar surface area (TPSA) is 87.7 Å². The molecule has 27 heavy (non-hydrogen) atoms. The van der Waals surface area contributed by atoms with Gasteiger partial charge >= 0.3 is 0 Å². The van der Waals surface area contributed by atoms with Gasteiger partial charge in [0.05, 0.1) is 17.6 Å². The van der Waals surface area contributed by atoms with Crippen LogP contribution < -0.4 is 10.6 Å². The summed E-state index contributed by atoms with van der Waals surface area (Å²) in [6.07, 6.45) is 2.61. The number of rotatable bonds is 4. The van der Waals surface area contributed by atoms with Crippen LogP contribution in [0.25, 0.3) is 0 Å². The van der Waals surface area contributed by atoms with E-state index in [1.54, 1.807) is 29.4 Å². The first-order valence-corrected chi connectivity index (χ1v) is 10.6. The van der Waals surface area contributed by atoms with Gasteiger partial charge in [0.25, 0.3) is 0 Å². The number of ether oxygens (including phenoxy) is 1. The predicted octanol–water partition coefficient (Wildman–Crippen LogP) is 1.91. The SMILES string of the molecule is Cc1ccc(NC(=O)[C@H]2NCCO[C@@H]2C)cc1S(=O)(=O)N1CCCCC1.Cl. The van der Waals surface area contributed by atoms with Crippen molar-refractivity contribution in [1.29, 1.82) is 0 Å². The quantitative estimate of drug-likeness (QED) is 0.781. The Hall–Kier alpha value is -1.19. The van der Waals surface area contributed by atoms with Crippen LogP contribution in [-0.2, 0) is 19.6 Å². The third-order valence-corrected chi connectivity index (χ3v) is 7.03. The lowest BCUT2D eigenvalue weighted by Crippen LogP contribution is -2.53. The van der Waals surface area contributed by atoms with Crippen LogP contribution in [0.5, 0.6) is 0 Å². The van der Waals surface area contributed by atoms with E-state index in [-0.39, 0.29) is 29.3 Å². The number of carbonyl (C=O) groups excluding carboxylic acids is 1.